The molecule has 7 nitrogen and oxygen atoms in total. The number of benzene rings is 2. The number of aryl methyl sites for hydroxylation is 2. The lowest BCUT2D eigenvalue weighted by Gasteiger charge is -2.12. The Labute approximate surface area is 186 Å². The van der Waals surface area contributed by atoms with Crippen molar-refractivity contribution in [1.29, 1.82) is 0 Å². The maximum atomic E-state index is 13.0. The second kappa shape index (κ2) is 9.11. The number of nitrogens with one attached hydrogen (secondary N) is 1. The van der Waals surface area contributed by atoms with Gasteiger partial charge in [-0.2, -0.15) is 0 Å². The quantitative estimate of drug-likeness (QED) is 0.545. The zero-order chi connectivity index (χ0) is 22.8. The first-order valence-electron chi connectivity index (χ1n) is 9.52. The van der Waals surface area contributed by atoms with Crippen LogP contribution in [0.2, 0.25) is 5.02 Å². The van der Waals surface area contributed by atoms with Crippen LogP contribution < -0.4 is 10.1 Å². The van der Waals surface area contributed by atoms with Gasteiger partial charge in [0, 0.05) is 17.5 Å². The number of halogens is 1. The number of nitrogens with zero attached hydrogens (tertiary/aromatic N) is 1. The molecule has 1 N–H and O–H groups in total. The zero-order valence-electron chi connectivity index (χ0n) is 17.7. The molecule has 3 aromatic rings. The molecule has 0 atom stereocenters. The minimum absolute atomic E-state index is 0.0119. The average molecular weight is 463 g/mol. The molecule has 0 bridgehead atoms. The zero-order valence-corrected chi connectivity index (χ0v) is 19.2. The molecular formula is C22H23ClN2O5S. The Morgan fingerprint density at radius 2 is 1.90 bits per heavy atom. The highest BCUT2D eigenvalue weighted by Gasteiger charge is 2.23. The van der Waals surface area contributed by atoms with E-state index in [4.69, 9.17) is 20.9 Å². The molecule has 0 radical (unpaired) electrons. The van der Waals surface area contributed by atoms with Crippen LogP contribution in [0.3, 0.4) is 0 Å². The number of rotatable bonds is 7. The highest BCUT2D eigenvalue weighted by Crippen LogP contribution is 2.33. The molecule has 164 valence electrons. The Morgan fingerprint density at radius 1 is 1.16 bits per heavy atom. The van der Waals surface area contributed by atoms with Crippen molar-refractivity contribution >= 4 is 33.0 Å². The summed E-state index contributed by atoms with van der Waals surface area (Å²) in [6.45, 7) is 5.54. The summed E-state index contributed by atoms with van der Waals surface area (Å²) in [5.41, 5.74) is 3.50. The predicted octanol–water partition coefficient (Wildman–Crippen LogP) is 4.73. The SMILES string of the molecule is COc1ccc(-c2onc(C)c2C)cc1S(=O)(=O)CCC(=O)Nc1ccc(C)cc1Cl. The van der Waals surface area contributed by atoms with Crippen molar-refractivity contribution in [3.8, 4) is 17.1 Å². The summed E-state index contributed by atoms with van der Waals surface area (Å²) in [4.78, 5) is 12.3. The molecule has 31 heavy (non-hydrogen) atoms. The van der Waals surface area contributed by atoms with E-state index in [2.05, 4.69) is 10.5 Å². The molecule has 0 saturated heterocycles. The van der Waals surface area contributed by atoms with Crippen molar-refractivity contribution in [3.05, 3.63) is 58.2 Å². The van der Waals surface area contributed by atoms with Crippen molar-refractivity contribution in [2.75, 3.05) is 18.2 Å². The lowest BCUT2D eigenvalue weighted by molar-refractivity contribution is -0.115. The van der Waals surface area contributed by atoms with Gasteiger partial charge in [0.05, 0.1) is 29.3 Å². The van der Waals surface area contributed by atoms with E-state index >= 15 is 0 Å². The normalized spacial score (nSPS) is 11.4. The second-order valence-corrected chi connectivity index (χ2v) is 9.67. The van der Waals surface area contributed by atoms with Crippen LogP contribution in [0.4, 0.5) is 5.69 Å². The molecule has 1 amide bonds. The van der Waals surface area contributed by atoms with Gasteiger partial charge in [0.1, 0.15) is 10.6 Å². The van der Waals surface area contributed by atoms with E-state index in [-0.39, 0.29) is 17.1 Å². The Morgan fingerprint density at radius 3 is 2.52 bits per heavy atom. The topological polar surface area (TPSA) is 98.5 Å². The number of carbonyl (C=O) groups excluding carboxylic acids is 1. The van der Waals surface area contributed by atoms with Gasteiger partial charge in [-0.05, 0) is 56.7 Å². The van der Waals surface area contributed by atoms with Gasteiger partial charge in [-0.15, -0.1) is 0 Å². The van der Waals surface area contributed by atoms with Crippen LogP contribution in [0.1, 0.15) is 23.2 Å². The number of hydrogen-bond acceptors (Lipinski definition) is 6. The van der Waals surface area contributed by atoms with Crippen molar-refractivity contribution in [1.82, 2.24) is 5.16 Å². The van der Waals surface area contributed by atoms with Crippen molar-refractivity contribution < 1.29 is 22.5 Å². The first-order chi connectivity index (χ1) is 14.6. The summed E-state index contributed by atoms with van der Waals surface area (Å²) < 4.78 is 36.6. The molecule has 0 unspecified atom stereocenters. The van der Waals surface area contributed by atoms with Crippen LogP contribution in [0, 0.1) is 20.8 Å². The van der Waals surface area contributed by atoms with Gasteiger partial charge in [-0.1, -0.05) is 22.8 Å². The number of ether oxygens (including phenoxy) is 1. The third-order valence-electron chi connectivity index (χ3n) is 4.91. The number of amides is 1. The molecule has 2 aromatic carbocycles. The first-order valence-corrected chi connectivity index (χ1v) is 11.6. The minimum atomic E-state index is -3.82. The lowest BCUT2D eigenvalue weighted by atomic mass is 10.1. The molecule has 0 spiro atoms. The van der Waals surface area contributed by atoms with Gasteiger partial charge in [0.25, 0.3) is 0 Å². The van der Waals surface area contributed by atoms with E-state index in [0.29, 0.717) is 22.0 Å². The smallest absolute Gasteiger partial charge is 0.225 e. The van der Waals surface area contributed by atoms with Gasteiger partial charge in [0.2, 0.25) is 5.91 Å². The Hall–Kier alpha value is -2.84. The number of anilines is 1. The lowest BCUT2D eigenvalue weighted by Crippen LogP contribution is -2.18. The number of hydrogen-bond donors (Lipinski definition) is 1. The molecule has 1 heterocycles. The fourth-order valence-corrected chi connectivity index (χ4v) is 4.74. The van der Waals surface area contributed by atoms with Gasteiger partial charge >= 0.3 is 0 Å². The van der Waals surface area contributed by atoms with Crippen LogP contribution in [0.25, 0.3) is 11.3 Å². The maximum Gasteiger partial charge on any atom is 0.225 e. The molecule has 1 aromatic heterocycles. The molecular weight excluding hydrogens is 440 g/mol. The summed E-state index contributed by atoms with van der Waals surface area (Å²) in [7, 11) is -2.43. The number of sulfone groups is 1. The molecule has 9 heteroatoms. The average Bonchev–Trinajstić information content (AvgIpc) is 3.06. The third-order valence-corrected chi connectivity index (χ3v) is 6.96. The predicted molar refractivity (Wildman–Crippen MR) is 119 cm³/mol. The fourth-order valence-electron chi connectivity index (χ4n) is 3.02. The Bertz CT molecular complexity index is 1230. The molecule has 0 fully saturated rings. The second-order valence-electron chi connectivity index (χ2n) is 7.19. The van der Waals surface area contributed by atoms with Crippen LogP contribution in [0.5, 0.6) is 5.75 Å². The standard InChI is InChI=1S/C22H23ClN2O5S/c1-13-5-7-18(17(23)11-13)24-21(26)9-10-31(27,28)20-12-16(6-8-19(20)29-4)22-14(2)15(3)25-30-22/h5-8,11-12H,9-10H2,1-4H3,(H,24,26). The highest BCUT2D eigenvalue weighted by atomic mass is 35.5. The van der Waals surface area contributed by atoms with E-state index in [1.165, 1.54) is 13.2 Å². The maximum absolute atomic E-state index is 13.0. The first kappa shape index (κ1) is 22.8. The molecule has 0 saturated carbocycles. The van der Waals surface area contributed by atoms with E-state index in [9.17, 15) is 13.2 Å². The largest absolute Gasteiger partial charge is 0.495 e. The highest BCUT2D eigenvalue weighted by molar-refractivity contribution is 7.91. The van der Waals surface area contributed by atoms with E-state index in [0.717, 1.165) is 16.8 Å². The fraction of sp³-hybridized carbons (Fsp3) is 0.273. The van der Waals surface area contributed by atoms with E-state index < -0.39 is 21.5 Å². The Balaban J connectivity index is 1.81. The van der Waals surface area contributed by atoms with Gasteiger partial charge in [-0.3, -0.25) is 4.79 Å². The number of carbonyl (C=O) groups is 1. The van der Waals surface area contributed by atoms with E-state index in [1.807, 2.05) is 26.8 Å². The van der Waals surface area contributed by atoms with Crippen LogP contribution in [-0.2, 0) is 14.6 Å². The van der Waals surface area contributed by atoms with Crippen LogP contribution in [-0.4, -0.2) is 32.3 Å². The number of aromatic nitrogens is 1. The summed E-state index contributed by atoms with van der Waals surface area (Å²) in [6.07, 6.45) is -0.236. The summed E-state index contributed by atoms with van der Waals surface area (Å²) in [6, 6.07) is 9.95. The monoisotopic (exact) mass is 462 g/mol. The molecule has 0 aliphatic heterocycles. The molecule has 0 aliphatic carbocycles. The Kier molecular flexibility index (Phi) is 6.71. The minimum Gasteiger partial charge on any atom is -0.495 e. The summed E-state index contributed by atoms with van der Waals surface area (Å²) >= 11 is 6.13. The number of methoxy groups -OCH3 is 1. The van der Waals surface area contributed by atoms with Gasteiger partial charge in [0.15, 0.2) is 15.6 Å². The van der Waals surface area contributed by atoms with E-state index in [1.54, 1.807) is 24.3 Å². The van der Waals surface area contributed by atoms with Crippen molar-refractivity contribution in [2.24, 2.45) is 0 Å². The van der Waals surface area contributed by atoms with Crippen molar-refractivity contribution in [3.63, 3.8) is 0 Å². The molecule has 0 aliphatic rings. The van der Waals surface area contributed by atoms with Gasteiger partial charge < -0.3 is 14.6 Å². The third kappa shape index (κ3) is 5.08. The van der Waals surface area contributed by atoms with Gasteiger partial charge in [-0.25, -0.2) is 8.42 Å². The summed E-state index contributed by atoms with van der Waals surface area (Å²) in [5.74, 6) is -0.162. The van der Waals surface area contributed by atoms with Crippen LogP contribution in [0.15, 0.2) is 45.8 Å². The molecule has 3 rings (SSSR count). The van der Waals surface area contributed by atoms with Crippen LogP contribution >= 0.6 is 11.6 Å². The summed E-state index contributed by atoms with van der Waals surface area (Å²) in [5, 5.41) is 6.96. The van der Waals surface area contributed by atoms with Crippen molar-refractivity contribution in [2.45, 2.75) is 32.1 Å².